The average molecular weight is 262 g/mol. The zero-order valence-electron chi connectivity index (χ0n) is 9.39. The maximum Gasteiger partial charge on any atom is 0.174 e. The lowest BCUT2D eigenvalue weighted by atomic mass is 10.2. The number of aromatic nitrogens is 3. The summed E-state index contributed by atoms with van der Waals surface area (Å²) in [5.74, 6) is 1.22. The molecule has 2 N–H and O–H groups in total. The first kappa shape index (κ1) is 10.6. The van der Waals surface area contributed by atoms with Gasteiger partial charge in [0.15, 0.2) is 5.82 Å². The standard InChI is InChI=1S/C11H10N4S2/c1-5-6(2)17-11-8(5)9(12)14-10(15-11)7-3-13-4-16-7/h3-4H,1-2H3,(H2,12,14,15). The summed E-state index contributed by atoms with van der Waals surface area (Å²) in [6.45, 7) is 4.13. The molecule has 86 valence electrons. The van der Waals surface area contributed by atoms with Gasteiger partial charge in [0.25, 0.3) is 0 Å². The van der Waals surface area contributed by atoms with Crippen LogP contribution in [0.1, 0.15) is 10.4 Å². The van der Waals surface area contributed by atoms with E-state index in [2.05, 4.69) is 28.8 Å². The van der Waals surface area contributed by atoms with E-state index in [1.54, 1.807) is 23.0 Å². The minimum absolute atomic E-state index is 0.556. The molecule has 3 aromatic heterocycles. The van der Waals surface area contributed by atoms with Crippen molar-refractivity contribution in [2.75, 3.05) is 5.73 Å². The number of aryl methyl sites for hydroxylation is 2. The van der Waals surface area contributed by atoms with E-state index in [-0.39, 0.29) is 0 Å². The molecule has 0 aliphatic rings. The summed E-state index contributed by atoms with van der Waals surface area (Å²) >= 11 is 3.17. The Hall–Kier alpha value is -1.53. The molecule has 0 saturated carbocycles. The lowest BCUT2D eigenvalue weighted by Crippen LogP contribution is -1.96. The molecule has 0 amide bonds. The van der Waals surface area contributed by atoms with Gasteiger partial charge in [-0.15, -0.1) is 22.7 Å². The first-order valence-electron chi connectivity index (χ1n) is 5.09. The zero-order chi connectivity index (χ0) is 12.0. The Labute approximate surface area is 106 Å². The predicted octanol–water partition coefficient (Wildman–Crippen LogP) is 3.01. The summed E-state index contributed by atoms with van der Waals surface area (Å²) in [5, 5.41) is 0.987. The van der Waals surface area contributed by atoms with Gasteiger partial charge in [-0.3, -0.25) is 4.98 Å². The summed E-state index contributed by atoms with van der Waals surface area (Å²) in [5.41, 5.74) is 8.96. The summed E-state index contributed by atoms with van der Waals surface area (Å²) in [7, 11) is 0. The van der Waals surface area contributed by atoms with Crippen LogP contribution in [0.5, 0.6) is 0 Å². The molecule has 17 heavy (non-hydrogen) atoms. The van der Waals surface area contributed by atoms with E-state index in [1.165, 1.54) is 21.8 Å². The van der Waals surface area contributed by atoms with Gasteiger partial charge >= 0.3 is 0 Å². The molecule has 0 radical (unpaired) electrons. The van der Waals surface area contributed by atoms with Crippen LogP contribution in [-0.2, 0) is 0 Å². The molecule has 0 aliphatic heterocycles. The first-order valence-corrected chi connectivity index (χ1v) is 6.78. The Morgan fingerprint density at radius 1 is 1.24 bits per heavy atom. The number of thiazole rings is 1. The Kier molecular flexibility index (Phi) is 2.34. The number of nitrogen functional groups attached to an aromatic ring is 1. The van der Waals surface area contributed by atoms with Crippen molar-refractivity contribution in [3.63, 3.8) is 0 Å². The van der Waals surface area contributed by atoms with Crippen molar-refractivity contribution >= 4 is 38.7 Å². The van der Waals surface area contributed by atoms with E-state index >= 15 is 0 Å². The molecule has 0 bridgehead atoms. The lowest BCUT2D eigenvalue weighted by molar-refractivity contribution is 1.25. The predicted molar refractivity (Wildman–Crippen MR) is 72.4 cm³/mol. The van der Waals surface area contributed by atoms with Crippen LogP contribution in [0.4, 0.5) is 5.82 Å². The highest BCUT2D eigenvalue weighted by Crippen LogP contribution is 2.34. The Morgan fingerprint density at radius 3 is 2.76 bits per heavy atom. The molecule has 0 fully saturated rings. The molecule has 0 aliphatic carbocycles. The highest BCUT2D eigenvalue weighted by Gasteiger charge is 2.13. The molecule has 0 saturated heterocycles. The first-order chi connectivity index (χ1) is 8.16. The normalized spacial score (nSPS) is 11.2. The van der Waals surface area contributed by atoms with Crippen LogP contribution in [0, 0.1) is 13.8 Å². The molecule has 4 nitrogen and oxygen atoms in total. The van der Waals surface area contributed by atoms with Crippen molar-refractivity contribution < 1.29 is 0 Å². The number of nitrogens with two attached hydrogens (primary N) is 1. The van der Waals surface area contributed by atoms with E-state index in [4.69, 9.17) is 5.73 Å². The molecule has 0 atom stereocenters. The van der Waals surface area contributed by atoms with Crippen LogP contribution < -0.4 is 5.73 Å². The van der Waals surface area contributed by atoms with Gasteiger partial charge in [0.1, 0.15) is 10.6 Å². The molecule has 3 aromatic rings. The number of rotatable bonds is 1. The fraction of sp³-hybridized carbons (Fsp3) is 0.182. The van der Waals surface area contributed by atoms with E-state index in [0.717, 1.165) is 15.1 Å². The minimum Gasteiger partial charge on any atom is -0.383 e. The van der Waals surface area contributed by atoms with Gasteiger partial charge in [-0.2, -0.15) is 0 Å². The maximum absolute atomic E-state index is 6.02. The van der Waals surface area contributed by atoms with Crippen molar-refractivity contribution in [2.24, 2.45) is 0 Å². The van der Waals surface area contributed by atoms with Crippen molar-refractivity contribution in [3.05, 3.63) is 22.1 Å². The second kappa shape index (κ2) is 3.75. The summed E-state index contributed by atoms with van der Waals surface area (Å²) in [6.07, 6.45) is 1.76. The third kappa shape index (κ3) is 1.60. The van der Waals surface area contributed by atoms with Gasteiger partial charge < -0.3 is 5.73 Å². The lowest BCUT2D eigenvalue weighted by Gasteiger charge is -2.00. The van der Waals surface area contributed by atoms with Gasteiger partial charge in [-0.05, 0) is 19.4 Å². The van der Waals surface area contributed by atoms with E-state index in [9.17, 15) is 0 Å². The fourth-order valence-electron chi connectivity index (χ4n) is 1.72. The number of thiophene rings is 1. The third-order valence-electron chi connectivity index (χ3n) is 2.71. The molecule has 0 unspecified atom stereocenters. The molecule has 3 heterocycles. The topological polar surface area (TPSA) is 64.7 Å². The number of anilines is 1. The second-order valence-corrected chi connectivity index (χ2v) is 5.85. The van der Waals surface area contributed by atoms with Gasteiger partial charge in [-0.25, -0.2) is 9.97 Å². The van der Waals surface area contributed by atoms with Crippen LogP contribution in [-0.4, -0.2) is 15.0 Å². The summed E-state index contributed by atoms with van der Waals surface area (Å²) in [4.78, 5) is 16.1. The van der Waals surface area contributed by atoms with Crippen LogP contribution in [0.25, 0.3) is 20.9 Å². The highest BCUT2D eigenvalue weighted by atomic mass is 32.1. The number of fused-ring (bicyclic) bond motifs is 1. The number of hydrogen-bond donors (Lipinski definition) is 1. The van der Waals surface area contributed by atoms with Crippen LogP contribution in [0.15, 0.2) is 11.7 Å². The average Bonchev–Trinajstić information content (AvgIpc) is 2.88. The summed E-state index contributed by atoms with van der Waals surface area (Å²) in [6, 6.07) is 0. The molecule has 0 spiro atoms. The monoisotopic (exact) mass is 262 g/mol. The Balaban J connectivity index is 2.32. The Bertz CT molecular complexity index is 685. The van der Waals surface area contributed by atoms with Crippen molar-refractivity contribution in [3.8, 4) is 10.7 Å². The molecular formula is C11H10N4S2. The van der Waals surface area contributed by atoms with Crippen molar-refractivity contribution in [2.45, 2.75) is 13.8 Å². The maximum atomic E-state index is 6.02. The van der Waals surface area contributed by atoms with E-state index < -0.39 is 0 Å². The quantitative estimate of drug-likeness (QED) is 0.732. The Morgan fingerprint density at radius 2 is 2.06 bits per heavy atom. The largest absolute Gasteiger partial charge is 0.383 e. The van der Waals surface area contributed by atoms with Crippen molar-refractivity contribution in [1.82, 2.24) is 15.0 Å². The SMILES string of the molecule is Cc1sc2nc(-c3cncs3)nc(N)c2c1C. The third-order valence-corrected chi connectivity index (χ3v) is 4.58. The second-order valence-electron chi connectivity index (χ2n) is 3.76. The van der Waals surface area contributed by atoms with Gasteiger partial charge in [0.05, 0.1) is 15.8 Å². The van der Waals surface area contributed by atoms with Gasteiger partial charge in [0, 0.05) is 11.1 Å². The molecule has 6 heteroatoms. The van der Waals surface area contributed by atoms with E-state index in [1.807, 2.05) is 0 Å². The fourth-order valence-corrected chi connectivity index (χ4v) is 3.31. The van der Waals surface area contributed by atoms with Gasteiger partial charge in [0.2, 0.25) is 0 Å². The smallest absolute Gasteiger partial charge is 0.174 e. The molecular weight excluding hydrogens is 252 g/mol. The molecule has 0 aromatic carbocycles. The zero-order valence-corrected chi connectivity index (χ0v) is 11.0. The summed E-state index contributed by atoms with van der Waals surface area (Å²) < 4.78 is 0. The van der Waals surface area contributed by atoms with E-state index in [0.29, 0.717) is 11.6 Å². The van der Waals surface area contributed by atoms with Crippen LogP contribution >= 0.6 is 22.7 Å². The van der Waals surface area contributed by atoms with Gasteiger partial charge in [-0.1, -0.05) is 0 Å². The van der Waals surface area contributed by atoms with Crippen molar-refractivity contribution in [1.29, 1.82) is 0 Å². The highest BCUT2D eigenvalue weighted by molar-refractivity contribution is 7.19. The number of nitrogens with zero attached hydrogens (tertiary/aromatic N) is 3. The number of hydrogen-bond acceptors (Lipinski definition) is 6. The molecule has 3 rings (SSSR count). The minimum atomic E-state index is 0.556. The van der Waals surface area contributed by atoms with Crippen LogP contribution in [0.2, 0.25) is 0 Å². The van der Waals surface area contributed by atoms with Crippen LogP contribution in [0.3, 0.4) is 0 Å².